The highest BCUT2D eigenvalue weighted by atomic mass is 16.5. The molecule has 1 aromatic carbocycles. The first-order valence-corrected chi connectivity index (χ1v) is 9.33. The number of imidazole rings is 1. The van der Waals surface area contributed by atoms with Gasteiger partial charge in [0.25, 0.3) is 0 Å². The minimum atomic E-state index is 0.700. The van der Waals surface area contributed by atoms with Gasteiger partial charge in [-0.2, -0.15) is 0 Å². The van der Waals surface area contributed by atoms with Gasteiger partial charge in [-0.25, -0.2) is 19.9 Å². The van der Waals surface area contributed by atoms with Crippen LogP contribution in [-0.4, -0.2) is 58.2 Å². The lowest BCUT2D eigenvalue weighted by molar-refractivity contribution is 0.419. The van der Waals surface area contributed by atoms with Crippen LogP contribution in [0.2, 0.25) is 0 Å². The number of methoxy groups -OCH3 is 1. The molecular formula is C20H21N7O. The van der Waals surface area contributed by atoms with Crippen molar-refractivity contribution < 1.29 is 4.74 Å². The standard InChI is InChI=1S/C20H21N7O/c1-13-10-16(25-17-14(13)4-3-5-15(17)28-2)26-6-8-27(9-7-26)20-18-19(22-11-21-18)23-12-24-20/h3-5,10-12H,6-9H2,1-2H3,(H,21,22,23,24). The van der Waals surface area contributed by atoms with Gasteiger partial charge in [0.05, 0.1) is 13.4 Å². The molecule has 0 atom stereocenters. The van der Waals surface area contributed by atoms with Crippen molar-refractivity contribution in [1.82, 2.24) is 24.9 Å². The number of para-hydroxylation sites is 1. The Morgan fingerprint density at radius 2 is 1.86 bits per heavy atom. The quantitative estimate of drug-likeness (QED) is 0.589. The molecule has 0 aliphatic carbocycles. The number of rotatable bonds is 3. The highest BCUT2D eigenvalue weighted by Gasteiger charge is 2.22. The number of aromatic nitrogens is 5. The highest BCUT2D eigenvalue weighted by Crippen LogP contribution is 2.30. The van der Waals surface area contributed by atoms with Crippen molar-refractivity contribution in [3.05, 3.63) is 42.5 Å². The minimum Gasteiger partial charge on any atom is -0.494 e. The molecule has 0 unspecified atom stereocenters. The number of fused-ring (bicyclic) bond motifs is 2. The number of pyridine rings is 1. The van der Waals surface area contributed by atoms with E-state index in [0.29, 0.717) is 5.65 Å². The molecule has 142 valence electrons. The van der Waals surface area contributed by atoms with E-state index in [1.165, 1.54) is 5.56 Å². The summed E-state index contributed by atoms with van der Waals surface area (Å²) in [5, 5.41) is 1.13. The number of nitrogens with one attached hydrogen (secondary N) is 1. The summed E-state index contributed by atoms with van der Waals surface area (Å²) in [7, 11) is 1.69. The molecule has 1 fully saturated rings. The van der Waals surface area contributed by atoms with E-state index < -0.39 is 0 Å². The normalized spacial score (nSPS) is 14.8. The molecule has 0 spiro atoms. The fourth-order valence-electron chi connectivity index (χ4n) is 3.84. The maximum Gasteiger partial charge on any atom is 0.182 e. The summed E-state index contributed by atoms with van der Waals surface area (Å²) in [6, 6.07) is 8.22. The van der Waals surface area contributed by atoms with E-state index in [4.69, 9.17) is 9.72 Å². The Kier molecular flexibility index (Phi) is 3.96. The van der Waals surface area contributed by atoms with Gasteiger partial charge in [-0.1, -0.05) is 12.1 Å². The third-order valence-electron chi connectivity index (χ3n) is 5.32. The minimum absolute atomic E-state index is 0.700. The van der Waals surface area contributed by atoms with E-state index in [1.54, 1.807) is 19.8 Å². The molecule has 0 amide bonds. The summed E-state index contributed by atoms with van der Waals surface area (Å²) < 4.78 is 5.52. The fraction of sp³-hybridized carbons (Fsp3) is 0.300. The summed E-state index contributed by atoms with van der Waals surface area (Å²) in [5.74, 6) is 2.71. The van der Waals surface area contributed by atoms with Gasteiger partial charge >= 0.3 is 0 Å². The van der Waals surface area contributed by atoms with Crippen molar-refractivity contribution in [2.45, 2.75) is 6.92 Å². The van der Waals surface area contributed by atoms with E-state index >= 15 is 0 Å². The number of hydrogen-bond acceptors (Lipinski definition) is 7. The maximum atomic E-state index is 5.52. The molecule has 5 rings (SSSR count). The number of ether oxygens (including phenoxy) is 1. The van der Waals surface area contributed by atoms with Crippen molar-refractivity contribution in [1.29, 1.82) is 0 Å². The Morgan fingerprint density at radius 1 is 1.04 bits per heavy atom. The number of aryl methyl sites for hydroxylation is 1. The molecule has 1 aliphatic rings. The van der Waals surface area contributed by atoms with Crippen LogP contribution >= 0.6 is 0 Å². The summed E-state index contributed by atoms with van der Waals surface area (Å²) in [6.07, 6.45) is 3.24. The van der Waals surface area contributed by atoms with Gasteiger partial charge in [-0.15, -0.1) is 0 Å². The van der Waals surface area contributed by atoms with Crippen LogP contribution in [0.3, 0.4) is 0 Å². The molecule has 4 aromatic rings. The molecule has 8 heteroatoms. The topological polar surface area (TPSA) is 83.1 Å². The lowest BCUT2D eigenvalue weighted by atomic mass is 10.1. The molecular weight excluding hydrogens is 354 g/mol. The van der Waals surface area contributed by atoms with Crippen LogP contribution in [0.4, 0.5) is 11.6 Å². The van der Waals surface area contributed by atoms with Crippen LogP contribution in [-0.2, 0) is 0 Å². The van der Waals surface area contributed by atoms with Crippen molar-refractivity contribution >= 4 is 33.7 Å². The van der Waals surface area contributed by atoms with Gasteiger partial charge in [0, 0.05) is 31.6 Å². The van der Waals surface area contributed by atoms with Crippen LogP contribution in [0.25, 0.3) is 22.1 Å². The molecule has 1 N–H and O–H groups in total. The number of hydrogen-bond donors (Lipinski definition) is 1. The van der Waals surface area contributed by atoms with Gasteiger partial charge < -0.3 is 19.5 Å². The molecule has 28 heavy (non-hydrogen) atoms. The first-order valence-electron chi connectivity index (χ1n) is 9.33. The van der Waals surface area contributed by atoms with Gasteiger partial charge in [0.1, 0.15) is 28.9 Å². The van der Waals surface area contributed by atoms with Crippen molar-refractivity contribution in [3.63, 3.8) is 0 Å². The molecule has 0 bridgehead atoms. The first-order chi connectivity index (χ1) is 13.7. The largest absolute Gasteiger partial charge is 0.494 e. The Morgan fingerprint density at radius 3 is 2.68 bits per heavy atom. The number of aromatic amines is 1. The average molecular weight is 375 g/mol. The summed E-state index contributed by atoms with van der Waals surface area (Å²) in [6.45, 7) is 5.57. The fourth-order valence-corrected chi connectivity index (χ4v) is 3.84. The van der Waals surface area contributed by atoms with E-state index in [1.807, 2.05) is 12.1 Å². The Balaban J connectivity index is 1.42. The second-order valence-corrected chi connectivity index (χ2v) is 6.93. The zero-order chi connectivity index (χ0) is 19.1. The molecule has 0 saturated carbocycles. The molecule has 4 heterocycles. The third kappa shape index (κ3) is 2.69. The number of benzene rings is 1. The zero-order valence-electron chi connectivity index (χ0n) is 15.9. The SMILES string of the molecule is COc1cccc2c(C)cc(N3CCN(c4ncnc5nc[nH]c45)CC3)nc12. The summed E-state index contributed by atoms with van der Waals surface area (Å²) in [5.41, 5.74) is 3.71. The number of nitrogens with zero attached hydrogens (tertiary/aromatic N) is 6. The van der Waals surface area contributed by atoms with Gasteiger partial charge in [0.2, 0.25) is 0 Å². The second kappa shape index (κ2) is 6.63. The van der Waals surface area contributed by atoms with E-state index in [9.17, 15) is 0 Å². The van der Waals surface area contributed by atoms with Crippen LogP contribution < -0.4 is 14.5 Å². The molecule has 1 aliphatic heterocycles. The van der Waals surface area contributed by atoms with E-state index in [2.05, 4.69) is 48.8 Å². The molecule has 1 saturated heterocycles. The van der Waals surface area contributed by atoms with E-state index in [0.717, 1.165) is 60.0 Å². The lowest BCUT2D eigenvalue weighted by Gasteiger charge is -2.36. The average Bonchev–Trinajstić information content (AvgIpc) is 3.22. The van der Waals surface area contributed by atoms with Crippen molar-refractivity contribution in [2.24, 2.45) is 0 Å². The predicted octanol–water partition coefficient (Wildman–Crippen LogP) is 2.54. The van der Waals surface area contributed by atoms with Crippen LogP contribution in [0.1, 0.15) is 5.56 Å². The van der Waals surface area contributed by atoms with Gasteiger partial charge in [-0.3, -0.25) is 0 Å². The second-order valence-electron chi connectivity index (χ2n) is 6.93. The third-order valence-corrected chi connectivity index (χ3v) is 5.32. The Bertz CT molecular complexity index is 1150. The monoisotopic (exact) mass is 375 g/mol. The van der Waals surface area contributed by atoms with Gasteiger partial charge in [0.15, 0.2) is 11.5 Å². The smallest absolute Gasteiger partial charge is 0.182 e. The van der Waals surface area contributed by atoms with Gasteiger partial charge in [-0.05, 0) is 24.6 Å². The first kappa shape index (κ1) is 16.7. The Hall–Kier alpha value is -3.42. The van der Waals surface area contributed by atoms with E-state index in [-0.39, 0.29) is 0 Å². The number of H-pyrrole nitrogens is 1. The molecule has 3 aromatic heterocycles. The predicted molar refractivity (Wildman–Crippen MR) is 109 cm³/mol. The lowest BCUT2D eigenvalue weighted by Crippen LogP contribution is -2.47. The van der Waals surface area contributed by atoms with Crippen molar-refractivity contribution in [3.8, 4) is 5.75 Å². The number of anilines is 2. The highest BCUT2D eigenvalue weighted by molar-refractivity contribution is 5.89. The Labute approximate surface area is 162 Å². The molecule has 0 radical (unpaired) electrons. The summed E-state index contributed by atoms with van der Waals surface area (Å²) >= 11 is 0. The van der Waals surface area contributed by atoms with Crippen LogP contribution in [0, 0.1) is 6.92 Å². The molecule has 8 nitrogen and oxygen atoms in total. The summed E-state index contributed by atoms with van der Waals surface area (Å²) in [4.78, 5) is 25.6. The zero-order valence-corrected chi connectivity index (χ0v) is 15.9. The van der Waals surface area contributed by atoms with Crippen LogP contribution in [0.15, 0.2) is 36.9 Å². The maximum absolute atomic E-state index is 5.52. The van der Waals surface area contributed by atoms with Crippen LogP contribution in [0.5, 0.6) is 5.75 Å². The van der Waals surface area contributed by atoms with Crippen molar-refractivity contribution in [2.75, 3.05) is 43.1 Å². The number of piperazine rings is 1.